The molecule has 0 bridgehead atoms. The number of carbonyl (C=O) groups is 2. The lowest BCUT2D eigenvalue weighted by Crippen LogP contribution is -2.32. The van der Waals surface area contributed by atoms with Crippen LogP contribution in [0.3, 0.4) is 0 Å². The smallest absolute Gasteiger partial charge is 0.274 e. The Morgan fingerprint density at radius 1 is 1.25 bits per heavy atom. The molecule has 0 radical (unpaired) electrons. The fraction of sp³-hybridized carbons (Fsp3) is 0.143. The van der Waals surface area contributed by atoms with E-state index in [-0.39, 0.29) is 11.7 Å². The van der Waals surface area contributed by atoms with E-state index in [9.17, 15) is 9.59 Å². The van der Waals surface area contributed by atoms with Gasteiger partial charge >= 0.3 is 0 Å². The molecule has 0 unspecified atom stereocenters. The van der Waals surface area contributed by atoms with E-state index in [4.69, 9.17) is 4.74 Å². The van der Waals surface area contributed by atoms with Gasteiger partial charge in [-0.25, -0.2) is 0 Å². The maximum Gasteiger partial charge on any atom is 0.274 e. The Morgan fingerprint density at radius 2 is 2.00 bits per heavy atom. The minimum atomic E-state index is -0.421. The minimum Gasteiger partial charge on any atom is -0.497 e. The number of benzene rings is 1. The van der Waals surface area contributed by atoms with E-state index < -0.39 is 5.91 Å². The fourth-order valence-electron chi connectivity index (χ4n) is 1.52. The summed E-state index contributed by atoms with van der Waals surface area (Å²) in [5.41, 5.74) is 0.368. The van der Waals surface area contributed by atoms with Gasteiger partial charge in [-0.15, -0.1) is 11.8 Å². The number of aromatic amines is 1. The van der Waals surface area contributed by atoms with Gasteiger partial charge in [-0.1, -0.05) is 0 Å². The van der Waals surface area contributed by atoms with E-state index in [0.29, 0.717) is 5.69 Å². The summed E-state index contributed by atoms with van der Waals surface area (Å²) in [4.78, 5) is 27.0. The molecule has 5 nitrogen and oxygen atoms in total. The van der Waals surface area contributed by atoms with Crippen molar-refractivity contribution in [2.24, 2.45) is 0 Å². The third-order valence-corrected chi connectivity index (χ3v) is 3.54. The van der Waals surface area contributed by atoms with Gasteiger partial charge in [0, 0.05) is 11.1 Å². The van der Waals surface area contributed by atoms with Crippen molar-refractivity contribution in [3.63, 3.8) is 0 Å². The Labute approximate surface area is 120 Å². The zero-order valence-corrected chi connectivity index (χ0v) is 11.7. The number of hydrogen-bond donors (Lipinski definition) is 2. The lowest BCUT2D eigenvalue weighted by Gasteiger charge is -2.04. The fourth-order valence-corrected chi connectivity index (χ4v) is 2.22. The molecule has 0 aliphatic rings. The first kappa shape index (κ1) is 14.2. The van der Waals surface area contributed by atoms with Crippen molar-refractivity contribution in [2.75, 3.05) is 12.9 Å². The van der Waals surface area contributed by atoms with E-state index in [2.05, 4.69) is 10.3 Å². The monoisotopic (exact) mass is 290 g/mol. The number of carbonyl (C=O) groups excluding carboxylic acids is 2. The summed E-state index contributed by atoms with van der Waals surface area (Å²) in [6, 6.07) is 10.7. The molecule has 104 valence electrons. The maximum absolute atomic E-state index is 11.7. The number of rotatable bonds is 5. The molecule has 1 aromatic carbocycles. The molecule has 0 saturated carbocycles. The molecule has 0 fully saturated rings. The van der Waals surface area contributed by atoms with Gasteiger partial charge in [0.2, 0.25) is 5.91 Å². The first-order valence-electron chi connectivity index (χ1n) is 5.93. The van der Waals surface area contributed by atoms with Crippen LogP contribution in [0, 0.1) is 0 Å². The average Bonchev–Trinajstić information content (AvgIpc) is 3.00. The number of imide groups is 1. The molecule has 0 atom stereocenters. The van der Waals surface area contributed by atoms with Crippen LogP contribution in [0.5, 0.6) is 5.75 Å². The molecule has 0 aliphatic heterocycles. The summed E-state index contributed by atoms with van der Waals surface area (Å²) >= 11 is 1.36. The molecule has 2 N–H and O–H groups in total. The van der Waals surface area contributed by atoms with Crippen LogP contribution in [0.15, 0.2) is 47.5 Å². The van der Waals surface area contributed by atoms with Crippen LogP contribution < -0.4 is 10.1 Å². The van der Waals surface area contributed by atoms with Crippen molar-refractivity contribution in [1.29, 1.82) is 0 Å². The van der Waals surface area contributed by atoms with Crippen molar-refractivity contribution in [3.8, 4) is 5.75 Å². The Bertz CT molecular complexity index is 579. The van der Waals surface area contributed by atoms with E-state index in [1.165, 1.54) is 11.8 Å². The zero-order chi connectivity index (χ0) is 14.4. The Balaban J connectivity index is 1.81. The number of methoxy groups -OCH3 is 1. The summed E-state index contributed by atoms with van der Waals surface area (Å²) in [5, 5.41) is 2.32. The van der Waals surface area contributed by atoms with Gasteiger partial charge in [-0.05, 0) is 36.4 Å². The highest BCUT2D eigenvalue weighted by Crippen LogP contribution is 2.20. The van der Waals surface area contributed by atoms with E-state index in [1.54, 1.807) is 25.4 Å². The van der Waals surface area contributed by atoms with Crippen LogP contribution in [0.2, 0.25) is 0 Å². The molecule has 0 saturated heterocycles. The molecule has 0 aliphatic carbocycles. The number of aromatic nitrogens is 1. The molecule has 2 amide bonds. The van der Waals surface area contributed by atoms with Crippen molar-refractivity contribution in [3.05, 3.63) is 48.3 Å². The molecule has 1 aromatic heterocycles. The van der Waals surface area contributed by atoms with Gasteiger partial charge in [-0.3, -0.25) is 14.9 Å². The molecular formula is C14H14N2O3S. The van der Waals surface area contributed by atoms with Gasteiger partial charge < -0.3 is 9.72 Å². The van der Waals surface area contributed by atoms with Gasteiger partial charge in [0.1, 0.15) is 11.4 Å². The number of thioether (sulfide) groups is 1. The predicted octanol–water partition coefficient (Wildman–Crippen LogP) is 2.07. The van der Waals surface area contributed by atoms with Gasteiger partial charge in [-0.2, -0.15) is 0 Å². The van der Waals surface area contributed by atoms with Gasteiger partial charge in [0.05, 0.1) is 12.9 Å². The van der Waals surface area contributed by atoms with Crippen LogP contribution in [-0.4, -0.2) is 29.7 Å². The summed E-state index contributed by atoms with van der Waals surface area (Å²) in [5.74, 6) is 0.195. The molecule has 1 heterocycles. The standard InChI is InChI=1S/C14H14N2O3S/c1-19-10-4-6-11(7-5-10)20-9-13(17)16-14(18)12-3-2-8-15-12/h2-8,15H,9H2,1H3,(H,16,17,18). The van der Waals surface area contributed by atoms with Crippen LogP contribution in [0.1, 0.15) is 10.5 Å². The third-order valence-electron chi connectivity index (χ3n) is 2.52. The van der Waals surface area contributed by atoms with Gasteiger partial charge in [0.15, 0.2) is 0 Å². The summed E-state index contributed by atoms with van der Waals surface area (Å²) in [7, 11) is 1.60. The molecule has 2 rings (SSSR count). The number of nitrogens with one attached hydrogen (secondary N) is 2. The Hall–Kier alpha value is -2.21. The highest BCUT2D eigenvalue weighted by molar-refractivity contribution is 8.00. The first-order chi connectivity index (χ1) is 9.69. The number of hydrogen-bond acceptors (Lipinski definition) is 4. The quantitative estimate of drug-likeness (QED) is 0.827. The van der Waals surface area contributed by atoms with Gasteiger partial charge in [0.25, 0.3) is 5.91 Å². The largest absolute Gasteiger partial charge is 0.497 e. The zero-order valence-electron chi connectivity index (χ0n) is 10.9. The second-order valence-electron chi connectivity index (χ2n) is 3.93. The Morgan fingerprint density at radius 3 is 2.60 bits per heavy atom. The van der Waals surface area contributed by atoms with Crippen LogP contribution in [0.25, 0.3) is 0 Å². The van der Waals surface area contributed by atoms with E-state index >= 15 is 0 Å². The molecule has 2 aromatic rings. The Kier molecular flexibility index (Phi) is 4.84. The highest BCUT2D eigenvalue weighted by atomic mass is 32.2. The first-order valence-corrected chi connectivity index (χ1v) is 6.92. The molecule has 0 spiro atoms. The van der Waals surface area contributed by atoms with E-state index in [0.717, 1.165) is 10.6 Å². The lowest BCUT2D eigenvalue weighted by molar-refractivity contribution is -0.117. The topological polar surface area (TPSA) is 71.2 Å². The summed E-state index contributed by atoms with van der Waals surface area (Å²) in [6.45, 7) is 0. The molecular weight excluding hydrogens is 276 g/mol. The van der Waals surface area contributed by atoms with Crippen molar-refractivity contribution in [1.82, 2.24) is 10.3 Å². The normalized spacial score (nSPS) is 10.1. The van der Waals surface area contributed by atoms with Crippen molar-refractivity contribution < 1.29 is 14.3 Å². The third kappa shape index (κ3) is 3.89. The van der Waals surface area contributed by atoms with Crippen molar-refractivity contribution in [2.45, 2.75) is 4.90 Å². The summed E-state index contributed by atoms with van der Waals surface area (Å²) < 4.78 is 5.05. The predicted molar refractivity (Wildman–Crippen MR) is 77.0 cm³/mol. The van der Waals surface area contributed by atoms with E-state index in [1.807, 2.05) is 24.3 Å². The lowest BCUT2D eigenvalue weighted by atomic mass is 10.3. The number of ether oxygens (including phenoxy) is 1. The minimum absolute atomic E-state index is 0.179. The number of amides is 2. The summed E-state index contributed by atoms with van der Waals surface area (Å²) in [6.07, 6.45) is 1.63. The highest BCUT2D eigenvalue weighted by Gasteiger charge is 2.10. The average molecular weight is 290 g/mol. The SMILES string of the molecule is COc1ccc(SCC(=O)NC(=O)c2ccc[nH]2)cc1. The van der Waals surface area contributed by atoms with Crippen molar-refractivity contribution >= 4 is 23.6 Å². The van der Waals surface area contributed by atoms with Crippen LogP contribution >= 0.6 is 11.8 Å². The van der Waals surface area contributed by atoms with Crippen LogP contribution in [0.4, 0.5) is 0 Å². The maximum atomic E-state index is 11.7. The second-order valence-corrected chi connectivity index (χ2v) is 4.97. The van der Waals surface area contributed by atoms with Crippen LogP contribution in [-0.2, 0) is 4.79 Å². The molecule has 6 heteroatoms. The second kappa shape index (κ2) is 6.81. The number of H-pyrrole nitrogens is 1. The molecule has 20 heavy (non-hydrogen) atoms.